The first-order valence-electron chi connectivity index (χ1n) is 5.64. The van der Waals surface area contributed by atoms with E-state index in [0.717, 1.165) is 5.56 Å². The molecule has 0 bridgehead atoms. The van der Waals surface area contributed by atoms with Crippen LogP contribution in [0.1, 0.15) is 16.2 Å². The summed E-state index contributed by atoms with van der Waals surface area (Å²) in [6, 6.07) is 10.6. The van der Waals surface area contributed by atoms with Gasteiger partial charge < -0.3 is 5.11 Å². The van der Waals surface area contributed by atoms with Gasteiger partial charge in [0.25, 0.3) is 11.6 Å². The van der Waals surface area contributed by atoms with Crippen LogP contribution in [-0.4, -0.2) is 30.7 Å². The molecule has 2 aromatic heterocycles. The number of hydrogen-bond acceptors (Lipinski definition) is 5. The molecule has 7 nitrogen and oxygen atoms in total. The number of carboxylic acids is 1. The summed E-state index contributed by atoms with van der Waals surface area (Å²) in [6.45, 7) is 0. The molecule has 0 aliphatic heterocycles. The quantitative estimate of drug-likeness (QED) is 0.750. The minimum absolute atomic E-state index is 0.212. The van der Waals surface area contributed by atoms with Crippen molar-refractivity contribution in [3.05, 3.63) is 47.9 Å². The van der Waals surface area contributed by atoms with E-state index in [4.69, 9.17) is 10.4 Å². The van der Waals surface area contributed by atoms with Gasteiger partial charge in [0.2, 0.25) is 0 Å². The Kier molecular flexibility index (Phi) is 2.62. The SMILES string of the molecule is N#Cc1ccc(-c2ccnc3nc(C(=O)O)nn23)cc1. The first kappa shape index (κ1) is 11.8. The van der Waals surface area contributed by atoms with Crippen molar-refractivity contribution >= 4 is 11.7 Å². The summed E-state index contributed by atoms with van der Waals surface area (Å²) in [6.07, 6.45) is 1.53. The number of nitriles is 1. The van der Waals surface area contributed by atoms with E-state index in [1.54, 1.807) is 30.3 Å². The fourth-order valence-corrected chi connectivity index (χ4v) is 1.82. The highest BCUT2D eigenvalue weighted by Gasteiger charge is 2.14. The Balaban J connectivity index is 2.19. The lowest BCUT2D eigenvalue weighted by Crippen LogP contribution is -2.00. The largest absolute Gasteiger partial charge is 0.475 e. The summed E-state index contributed by atoms with van der Waals surface area (Å²) in [5.41, 5.74) is 1.99. The number of rotatable bonds is 2. The Labute approximate surface area is 112 Å². The van der Waals surface area contributed by atoms with Crippen LogP contribution < -0.4 is 0 Å². The third kappa shape index (κ3) is 1.85. The smallest absolute Gasteiger partial charge is 0.375 e. The maximum Gasteiger partial charge on any atom is 0.375 e. The molecule has 3 aromatic rings. The Morgan fingerprint density at radius 2 is 2.00 bits per heavy atom. The van der Waals surface area contributed by atoms with E-state index in [-0.39, 0.29) is 11.6 Å². The second-order valence-electron chi connectivity index (χ2n) is 3.97. The fraction of sp³-hybridized carbons (Fsp3) is 0. The van der Waals surface area contributed by atoms with Crippen LogP contribution >= 0.6 is 0 Å². The Morgan fingerprint density at radius 3 is 2.65 bits per heavy atom. The van der Waals surface area contributed by atoms with E-state index >= 15 is 0 Å². The molecule has 96 valence electrons. The van der Waals surface area contributed by atoms with Gasteiger partial charge in [0.1, 0.15) is 0 Å². The summed E-state index contributed by atoms with van der Waals surface area (Å²) >= 11 is 0. The van der Waals surface area contributed by atoms with Crippen molar-refractivity contribution in [1.29, 1.82) is 5.26 Å². The molecule has 0 aliphatic rings. The first-order valence-corrected chi connectivity index (χ1v) is 5.64. The number of aromatic nitrogens is 4. The molecule has 0 aliphatic carbocycles. The second kappa shape index (κ2) is 4.44. The zero-order chi connectivity index (χ0) is 14.1. The minimum atomic E-state index is -1.21. The summed E-state index contributed by atoms with van der Waals surface area (Å²) in [5, 5.41) is 21.6. The van der Waals surface area contributed by atoms with Gasteiger partial charge in [-0.05, 0) is 18.2 Å². The standard InChI is InChI=1S/C13H7N5O2/c14-7-8-1-3-9(4-2-8)10-5-6-15-13-16-11(12(19)20)17-18(10)13/h1-6H,(H,19,20). The first-order chi connectivity index (χ1) is 9.69. The van der Waals surface area contributed by atoms with Gasteiger partial charge in [-0.25, -0.2) is 9.78 Å². The van der Waals surface area contributed by atoms with Crippen LogP contribution in [0.2, 0.25) is 0 Å². The topological polar surface area (TPSA) is 104 Å². The van der Waals surface area contributed by atoms with Crippen molar-refractivity contribution in [2.24, 2.45) is 0 Å². The molecule has 7 heteroatoms. The number of hydrogen-bond donors (Lipinski definition) is 1. The maximum atomic E-state index is 10.9. The van der Waals surface area contributed by atoms with Gasteiger partial charge in [0.05, 0.1) is 17.3 Å². The van der Waals surface area contributed by atoms with E-state index in [1.807, 2.05) is 6.07 Å². The van der Waals surface area contributed by atoms with Crippen molar-refractivity contribution in [2.45, 2.75) is 0 Å². The van der Waals surface area contributed by atoms with Gasteiger partial charge in [-0.1, -0.05) is 12.1 Å². The number of aromatic carboxylic acids is 1. The van der Waals surface area contributed by atoms with Gasteiger partial charge >= 0.3 is 5.97 Å². The maximum absolute atomic E-state index is 10.9. The minimum Gasteiger partial charge on any atom is -0.475 e. The summed E-state index contributed by atoms with van der Waals surface area (Å²) in [5.74, 6) is -1.30. The highest BCUT2D eigenvalue weighted by Crippen LogP contribution is 2.19. The van der Waals surface area contributed by atoms with Gasteiger partial charge in [-0.3, -0.25) is 0 Å². The molecule has 0 radical (unpaired) electrons. The van der Waals surface area contributed by atoms with E-state index in [0.29, 0.717) is 11.3 Å². The van der Waals surface area contributed by atoms with Crippen molar-refractivity contribution in [3.8, 4) is 17.3 Å². The van der Waals surface area contributed by atoms with E-state index in [1.165, 1.54) is 10.7 Å². The van der Waals surface area contributed by atoms with Crippen LogP contribution in [0.4, 0.5) is 0 Å². The van der Waals surface area contributed by atoms with Gasteiger partial charge in [0.15, 0.2) is 0 Å². The summed E-state index contributed by atoms with van der Waals surface area (Å²) < 4.78 is 1.37. The van der Waals surface area contributed by atoms with Crippen LogP contribution in [0.25, 0.3) is 17.0 Å². The molecule has 0 fully saturated rings. The monoisotopic (exact) mass is 265 g/mol. The van der Waals surface area contributed by atoms with Gasteiger partial charge in [0, 0.05) is 11.8 Å². The normalized spacial score (nSPS) is 10.3. The molecule has 2 heterocycles. The lowest BCUT2D eigenvalue weighted by atomic mass is 10.1. The molecule has 0 amide bonds. The molecular formula is C13H7N5O2. The summed E-state index contributed by atoms with van der Waals surface area (Å²) in [7, 11) is 0. The lowest BCUT2D eigenvalue weighted by molar-refractivity contribution is 0.0684. The Hall–Kier alpha value is -3.27. The molecule has 0 saturated heterocycles. The number of carboxylic acid groups (broad SMARTS) is 1. The van der Waals surface area contributed by atoms with Crippen molar-refractivity contribution < 1.29 is 9.90 Å². The number of fused-ring (bicyclic) bond motifs is 1. The molecule has 0 unspecified atom stereocenters. The Morgan fingerprint density at radius 1 is 1.25 bits per heavy atom. The predicted octanol–water partition coefficient (Wildman–Crippen LogP) is 1.36. The van der Waals surface area contributed by atoms with Crippen molar-refractivity contribution in [1.82, 2.24) is 19.6 Å². The zero-order valence-corrected chi connectivity index (χ0v) is 10.1. The van der Waals surface area contributed by atoms with Crippen LogP contribution in [0.15, 0.2) is 36.5 Å². The predicted molar refractivity (Wildman–Crippen MR) is 67.9 cm³/mol. The molecule has 1 N–H and O–H groups in total. The third-order valence-corrected chi connectivity index (χ3v) is 2.74. The van der Waals surface area contributed by atoms with E-state index in [2.05, 4.69) is 15.1 Å². The van der Waals surface area contributed by atoms with Gasteiger partial charge in [-0.15, -0.1) is 5.10 Å². The fourth-order valence-electron chi connectivity index (χ4n) is 1.82. The average molecular weight is 265 g/mol. The average Bonchev–Trinajstić information content (AvgIpc) is 2.91. The second-order valence-corrected chi connectivity index (χ2v) is 3.97. The van der Waals surface area contributed by atoms with Gasteiger partial charge in [-0.2, -0.15) is 14.8 Å². The summed E-state index contributed by atoms with van der Waals surface area (Å²) in [4.78, 5) is 18.7. The van der Waals surface area contributed by atoms with Crippen LogP contribution in [0, 0.1) is 11.3 Å². The van der Waals surface area contributed by atoms with Crippen LogP contribution in [0.3, 0.4) is 0 Å². The highest BCUT2D eigenvalue weighted by atomic mass is 16.4. The van der Waals surface area contributed by atoms with E-state index < -0.39 is 5.97 Å². The molecule has 3 rings (SSSR count). The molecule has 0 spiro atoms. The van der Waals surface area contributed by atoms with Crippen molar-refractivity contribution in [3.63, 3.8) is 0 Å². The Bertz CT molecular complexity index is 845. The molecule has 0 saturated carbocycles. The van der Waals surface area contributed by atoms with Crippen LogP contribution in [0.5, 0.6) is 0 Å². The van der Waals surface area contributed by atoms with E-state index in [9.17, 15) is 4.79 Å². The number of benzene rings is 1. The molecular weight excluding hydrogens is 258 g/mol. The molecule has 0 atom stereocenters. The number of nitrogens with zero attached hydrogens (tertiary/aromatic N) is 5. The molecule has 1 aromatic carbocycles. The third-order valence-electron chi connectivity index (χ3n) is 2.74. The zero-order valence-electron chi connectivity index (χ0n) is 10.1. The highest BCUT2D eigenvalue weighted by molar-refractivity contribution is 5.83. The number of carbonyl (C=O) groups is 1. The van der Waals surface area contributed by atoms with Crippen LogP contribution in [-0.2, 0) is 0 Å². The van der Waals surface area contributed by atoms with Crippen molar-refractivity contribution in [2.75, 3.05) is 0 Å². The lowest BCUT2D eigenvalue weighted by Gasteiger charge is -2.03. The molecule has 20 heavy (non-hydrogen) atoms.